The maximum absolute atomic E-state index is 13.0. The molecule has 2 heterocycles. The highest BCUT2D eigenvalue weighted by Gasteiger charge is 2.38. The largest absolute Gasteiger partial charge is 0.366 e. The zero-order chi connectivity index (χ0) is 18.9. The average molecular weight is 356 g/mol. The lowest BCUT2D eigenvalue weighted by molar-refractivity contribution is -0.120. The molecule has 1 aromatic carbocycles. The van der Waals surface area contributed by atoms with Crippen LogP contribution in [0.4, 0.5) is 0 Å². The van der Waals surface area contributed by atoms with Gasteiger partial charge in [-0.1, -0.05) is 70.1 Å². The number of hydrogen-bond donors (Lipinski definition) is 0. The van der Waals surface area contributed by atoms with Gasteiger partial charge in [-0.05, 0) is 16.9 Å². The highest BCUT2D eigenvalue weighted by Crippen LogP contribution is 2.34. The fraction of sp³-hybridized carbons (Fsp3) is 0.524. The van der Waals surface area contributed by atoms with Gasteiger partial charge in [0.25, 0.3) is 5.91 Å². The first-order chi connectivity index (χ1) is 12.3. The summed E-state index contributed by atoms with van der Waals surface area (Å²) in [7, 11) is 0. The number of carbonyl (C=O) groups excluding carboxylic acids is 1. The van der Waals surface area contributed by atoms with Crippen molar-refractivity contribution in [1.29, 1.82) is 0 Å². The molecule has 5 heteroatoms. The summed E-state index contributed by atoms with van der Waals surface area (Å²) < 4.78 is 11.7. The quantitative estimate of drug-likeness (QED) is 0.816. The lowest BCUT2D eigenvalue weighted by Gasteiger charge is -2.43. The van der Waals surface area contributed by atoms with Gasteiger partial charge in [-0.25, -0.2) is 0 Å². The third-order valence-corrected chi connectivity index (χ3v) is 4.86. The van der Waals surface area contributed by atoms with Gasteiger partial charge in [0, 0.05) is 12.6 Å². The van der Waals surface area contributed by atoms with E-state index >= 15 is 0 Å². The summed E-state index contributed by atoms with van der Waals surface area (Å²) in [6.45, 7) is 11.5. The van der Waals surface area contributed by atoms with E-state index in [0.717, 1.165) is 11.3 Å². The van der Waals surface area contributed by atoms with E-state index in [0.29, 0.717) is 18.8 Å². The van der Waals surface area contributed by atoms with Crippen molar-refractivity contribution in [3.63, 3.8) is 0 Å². The van der Waals surface area contributed by atoms with E-state index in [9.17, 15) is 4.79 Å². The summed E-state index contributed by atoms with van der Waals surface area (Å²) in [5.41, 5.74) is 1.81. The molecule has 1 saturated heterocycles. The molecule has 0 radical (unpaired) electrons. The van der Waals surface area contributed by atoms with Gasteiger partial charge in [-0.2, -0.15) is 0 Å². The normalized spacial score (nSPS) is 21.2. The second-order valence-corrected chi connectivity index (χ2v) is 8.37. The van der Waals surface area contributed by atoms with Crippen LogP contribution in [0.1, 0.15) is 68.5 Å². The number of rotatable bonds is 3. The van der Waals surface area contributed by atoms with E-state index in [4.69, 9.17) is 9.26 Å². The molecule has 0 N–H and O–H groups in total. The molecule has 1 aliphatic heterocycles. The molecule has 26 heavy (non-hydrogen) atoms. The maximum atomic E-state index is 13.0. The average Bonchev–Trinajstić information content (AvgIpc) is 3.11. The number of ether oxygens (including phenoxy) is 1. The van der Waals surface area contributed by atoms with E-state index in [1.165, 1.54) is 0 Å². The van der Waals surface area contributed by atoms with Crippen LogP contribution in [0, 0.1) is 5.41 Å². The number of hydrogen-bond acceptors (Lipinski definition) is 4. The van der Waals surface area contributed by atoms with E-state index in [1.807, 2.05) is 49.1 Å². The van der Waals surface area contributed by atoms with Crippen LogP contribution in [0.5, 0.6) is 0 Å². The van der Waals surface area contributed by atoms with Crippen LogP contribution in [0.25, 0.3) is 0 Å². The van der Waals surface area contributed by atoms with Crippen LogP contribution in [0.2, 0.25) is 0 Å². The molecule has 140 valence electrons. The second kappa shape index (κ2) is 7.23. The molecular formula is C21H28N2O3. The molecule has 0 saturated carbocycles. The lowest BCUT2D eigenvalue weighted by Crippen LogP contribution is -2.51. The highest BCUT2D eigenvalue weighted by molar-refractivity contribution is 5.91. The summed E-state index contributed by atoms with van der Waals surface area (Å²) in [5, 5.41) is 4.02. The Morgan fingerprint density at radius 2 is 1.88 bits per heavy atom. The summed E-state index contributed by atoms with van der Waals surface area (Å²) in [6, 6.07) is 11.8. The van der Waals surface area contributed by atoms with Crippen molar-refractivity contribution < 1.29 is 14.1 Å². The third kappa shape index (κ3) is 3.98. The van der Waals surface area contributed by atoms with Crippen molar-refractivity contribution in [2.45, 2.75) is 52.7 Å². The molecular weight excluding hydrogens is 328 g/mol. The number of amides is 1. The minimum absolute atomic E-state index is 0.0575. The van der Waals surface area contributed by atoms with Crippen LogP contribution in [0.15, 0.2) is 40.9 Å². The topological polar surface area (TPSA) is 55.6 Å². The van der Waals surface area contributed by atoms with Crippen LogP contribution < -0.4 is 0 Å². The minimum atomic E-state index is -0.148. The Balaban J connectivity index is 1.85. The Morgan fingerprint density at radius 1 is 1.19 bits per heavy atom. The first kappa shape index (κ1) is 18.6. The summed E-state index contributed by atoms with van der Waals surface area (Å²) in [5.74, 6) is 0.405. The number of carbonyl (C=O) groups is 1. The minimum Gasteiger partial charge on any atom is -0.366 e. The Bertz CT molecular complexity index is 746. The summed E-state index contributed by atoms with van der Waals surface area (Å²) in [6.07, 6.45) is -0.205. The van der Waals surface area contributed by atoms with E-state index in [-0.39, 0.29) is 29.4 Å². The van der Waals surface area contributed by atoms with Gasteiger partial charge in [0.2, 0.25) is 5.76 Å². The predicted molar refractivity (Wildman–Crippen MR) is 100 cm³/mol. The van der Waals surface area contributed by atoms with Gasteiger partial charge >= 0.3 is 0 Å². The fourth-order valence-corrected chi connectivity index (χ4v) is 3.07. The van der Waals surface area contributed by atoms with Gasteiger partial charge in [-0.15, -0.1) is 0 Å². The monoisotopic (exact) mass is 356 g/mol. The number of nitrogens with zero attached hydrogens (tertiary/aromatic N) is 2. The van der Waals surface area contributed by atoms with Gasteiger partial charge in [-0.3, -0.25) is 4.79 Å². The van der Waals surface area contributed by atoms with Gasteiger partial charge in [0.1, 0.15) is 6.10 Å². The van der Waals surface area contributed by atoms with Gasteiger partial charge in [0.15, 0.2) is 0 Å². The number of aromatic nitrogens is 1. The van der Waals surface area contributed by atoms with Crippen LogP contribution in [0.3, 0.4) is 0 Å². The van der Waals surface area contributed by atoms with E-state index in [2.05, 4.69) is 25.9 Å². The van der Waals surface area contributed by atoms with Gasteiger partial charge < -0.3 is 14.2 Å². The Labute approximate surface area is 155 Å². The highest BCUT2D eigenvalue weighted by atomic mass is 16.5. The molecule has 5 nitrogen and oxygen atoms in total. The van der Waals surface area contributed by atoms with Crippen molar-refractivity contribution in [1.82, 2.24) is 10.1 Å². The standard InChI is InChI=1S/C21H28N2O3/c1-14(2)16-11-17(26-22-16)20(24)23-12-18(15-9-7-6-8-10-15)25-19(13-23)21(3,4)5/h6-11,14,18-19H,12-13H2,1-5H3/t18-,19+/m0/s1. The maximum Gasteiger partial charge on any atom is 0.292 e. The molecule has 2 aromatic rings. The van der Waals surface area contributed by atoms with Crippen molar-refractivity contribution in [2.75, 3.05) is 13.1 Å². The molecule has 0 bridgehead atoms. The zero-order valence-corrected chi connectivity index (χ0v) is 16.2. The van der Waals surface area contributed by atoms with Crippen molar-refractivity contribution in [3.8, 4) is 0 Å². The van der Waals surface area contributed by atoms with Crippen LogP contribution >= 0.6 is 0 Å². The van der Waals surface area contributed by atoms with Crippen molar-refractivity contribution >= 4 is 5.91 Å². The van der Waals surface area contributed by atoms with Crippen molar-refractivity contribution in [2.24, 2.45) is 5.41 Å². The molecule has 2 atom stereocenters. The molecule has 0 unspecified atom stereocenters. The SMILES string of the molecule is CC(C)c1cc(C(=O)N2C[C@@H](c3ccccc3)O[C@@H](C(C)(C)C)C2)on1. The predicted octanol–water partition coefficient (Wildman–Crippen LogP) is 4.43. The Kier molecular flexibility index (Phi) is 5.19. The fourth-order valence-electron chi connectivity index (χ4n) is 3.07. The third-order valence-electron chi connectivity index (χ3n) is 4.86. The summed E-state index contributed by atoms with van der Waals surface area (Å²) >= 11 is 0. The Hall–Kier alpha value is -2.14. The molecule has 1 fully saturated rings. The molecule has 0 aliphatic carbocycles. The molecule has 3 rings (SSSR count). The summed E-state index contributed by atoms with van der Waals surface area (Å²) in [4.78, 5) is 14.9. The number of morpholine rings is 1. The zero-order valence-electron chi connectivity index (χ0n) is 16.2. The van der Waals surface area contributed by atoms with Crippen molar-refractivity contribution in [3.05, 3.63) is 53.4 Å². The Morgan fingerprint density at radius 3 is 2.46 bits per heavy atom. The first-order valence-corrected chi connectivity index (χ1v) is 9.22. The first-order valence-electron chi connectivity index (χ1n) is 9.22. The number of benzene rings is 1. The molecule has 1 aliphatic rings. The molecule has 1 aromatic heterocycles. The van der Waals surface area contributed by atoms with E-state index < -0.39 is 0 Å². The van der Waals surface area contributed by atoms with Crippen LogP contribution in [-0.2, 0) is 4.74 Å². The van der Waals surface area contributed by atoms with E-state index in [1.54, 1.807) is 6.07 Å². The second-order valence-electron chi connectivity index (χ2n) is 8.37. The van der Waals surface area contributed by atoms with Crippen LogP contribution in [-0.4, -0.2) is 35.2 Å². The molecule has 1 amide bonds. The smallest absolute Gasteiger partial charge is 0.292 e. The molecule has 0 spiro atoms. The van der Waals surface area contributed by atoms with Gasteiger partial charge in [0.05, 0.1) is 18.3 Å². The lowest BCUT2D eigenvalue weighted by atomic mass is 9.87.